The first kappa shape index (κ1) is 21.6. The molecule has 0 atom stereocenters. The van der Waals surface area contributed by atoms with Crippen LogP contribution in [0.5, 0.6) is 0 Å². The molecule has 0 spiro atoms. The maximum Gasteiger partial charge on any atom is 0.274 e. The SMILES string of the molecule is O=C(CCC(=O)N1CCc2sccc2C1)Nc1cc(F)ccc1NC(=O)c1ccccn1. The van der Waals surface area contributed by atoms with Crippen LogP contribution in [0.15, 0.2) is 54.0 Å². The molecular formula is C23H21FN4O3S. The van der Waals surface area contributed by atoms with Gasteiger partial charge in [-0.2, -0.15) is 0 Å². The summed E-state index contributed by atoms with van der Waals surface area (Å²) in [7, 11) is 0. The van der Waals surface area contributed by atoms with Crippen molar-refractivity contribution in [3.8, 4) is 0 Å². The number of hydrogen-bond acceptors (Lipinski definition) is 5. The van der Waals surface area contributed by atoms with E-state index in [4.69, 9.17) is 0 Å². The van der Waals surface area contributed by atoms with E-state index in [1.807, 2.05) is 11.4 Å². The molecule has 1 aliphatic heterocycles. The van der Waals surface area contributed by atoms with E-state index in [2.05, 4.69) is 15.6 Å². The summed E-state index contributed by atoms with van der Waals surface area (Å²) >= 11 is 1.70. The van der Waals surface area contributed by atoms with Crippen LogP contribution >= 0.6 is 11.3 Å². The van der Waals surface area contributed by atoms with Crippen molar-refractivity contribution in [1.82, 2.24) is 9.88 Å². The molecule has 3 heterocycles. The van der Waals surface area contributed by atoms with Crippen molar-refractivity contribution in [2.75, 3.05) is 17.2 Å². The van der Waals surface area contributed by atoms with Crippen molar-refractivity contribution in [2.24, 2.45) is 0 Å². The molecule has 0 aliphatic carbocycles. The Kier molecular flexibility index (Phi) is 6.55. The van der Waals surface area contributed by atoms with Crippen LogP contribution in [-0.4, -0.2) is 34.2 Å². The van der Waals surface area contributed by atoms with Gasteiger partial charge in [0.1, 0.15) is 11.5 Å². The lowest BCUT2D eigenvalue weighted by atomic mass is 10.1. The number of aromatic nitrogens is 1. The predicted molar refractivity (Wildman–Crippen MR) is 120 cm³/mol. The summed E-state index contributed by atoms with van der Waals surface area (Å²) in [5.41, 5.74) is 1.71. The number of thiophene rings is 1. The fraction of sp³-hybridized carbons (Fsp3) is 0.217. The van der Waals surface area contributed by atoms with Gasteiger partial charge in [-0.1, -0.05) is 6.07 Å². The Morgan fingerprint density at radius 1 is 1.06 bits per heavy atom. The first-order valence-electron chi connectivity index (χ1n) is 10.1. The van der Waals surface area contributed by atoms with E-state index in [-0.39, 0.29) is 35.8 Å². The van der Waals surface area contributed by atoms with E-state index < -0.39 is 17.6 Å². The average Bonchev–Trinajstić information content (AvgIpc) is 3.27. The van der Waals surface area contributed by atoms with Gasteiger partial charge in [0, 0.05) is 37.0 Å². The molecule has 0 radical (unpaired) electrons. The summed E-state index contributed by atoms with van der Waals surface area (Å²) in [6, 6.07) is 10.6. The lowest BCUT2D eigenvalue weighted by molar-refractivity contribution is -0.133. The second kappa shape index (κ2) is 9.69. The third kappa shape index (κ3) is 5.17. The summed E-state index contributed by atoms with van der Waals surface area (Å²) in [6.07, 6.45) is 2.32. The minimum Gasteiger partial charge on any atom is -0.338 e. The summed E-state index contributed by atoms with van der Waals surface area (Å²) in [5, 5.41) is 7.24. The van der Waals surface area contributed by atoms with Gasteiger partial charge in [0.2, 0.25) is 11.8 Å². The van der Waals surface area contributed by atoms with Crippen LogP contribution in [0.25, 0.3) is 0 Å². The van der Waals surface area contributed by atoms with E-state index in [0.29, 0.717) is 13.1 Å². The molecule has 1 aliphatic rings. The number of fused-ring (bicyclic) bond motifs is 1. The molecule has 0 bridgehead atoms. The third-order valence-electron chi connectivity index (χ3n) is 5.13. The number of rotatable bonds is 6. The zero-order valence-electron chi connectivity index (χ0n) is 17.1. The van der Waals surface area contributed by atoms with Crippen molar-refractivity contribution in [3.05, 3.63) is 76.0 Å². The summed E-state index contributed by atoms with van der Waals surface area (Å²) in [6.45, 7) is 1.20. The number of anilines is 2. The van der Waals surface area contributed by atoms with Crippen molar-refractivity contribution in [2.45, 2.75) is 25.8 Å². The molecule has 3 aromatic rings. The molecule has 164 valence electrons. The van der Waals surface area contributed by atoms with Gasteiger partial charge in [-0.05, 0) is 53.8 Å². The van der Waals surface area contributed by atoms with Crippen molar-refractivity contribution < 1.29 is 18.8 Å². The van der Waals surface area contributed by atoms with Crippen LogP contribution in [0.4, 0.5) is 15.8 Å². The van der Waals surface area contributed by atoms with Crippen molar-refractivity contribution >= 4 is 40.4 Å². The fourth-order valence-corrected chi connectivity index (χ4v) is 4.35. The minimum absolute atomic E-state index is 0.0457. The highest BCUT2D eigenvalue weighted by atomic mass is 32.1. The van der Waals surface area contributed by atoms with Gasteiger partial charge in [0.05, 0.1) is 11.4 Å². The highest BCUT2D eigenvalue weighted by Gasteiger charge is 2.22. The van der Waals surface area contributed by atoms with Crippen LogP contribution in [0.2, 0.25) is 0 Å². The topological polar surface area (TPSA) is 91.4 Å². The molecule has 3 amide bonds. The first-order valence-corrected chi connectivity index (χ1v) is 11.0. The number of benzene rings is 1. The minimum atomic E-state index is -0.563. The Balaban J connectivity index is 1.35. The second-order valence-electron chi connectivity index (χ2n) is 7.34. The Morgan fingerprint density at radius 3 is 2.75 bits per heavy atom. The van der Waals surface area contributed by atoms with Gasteiger partial charge >= 0.3 is 0 Å². The van der Waals surface area contributed by atoms with Crippen molar-refractivity contribution in [3.63, 3.8) is 0 Å². The number of hydrogen-bond donors (Lipinski definition) is 2. The Labute approximate surface area is 188 Å². The van der Waals surface area contributed by atoms with Crippen LogP contribution < -0.4 is 10.6 Å². The van der Waals surface area contributed by atoms with Gasteiger partial charge < -0.3 is 15.5 Å². The van der Waals surface area contributed by atoms with Crippen LogP contribution in [0, 0.1) is 5.82 Å². The van der Waals surface area contributed by atoms with Gasteiger partial charge in [-0.25, -0.2) is 4.39 Å². The summed E-state index contributed by atoms with van der Waals surface area (Å²) < 4.78 is 13.8. The fourth-order valence-electron chi connectivity index (χ4n) is 3.46. The molecule has 32 heavy (non-hydrogen) atoms. The quantitative estimate of drug-likeness (QED) is 0.595. The van der Waals surface area contributed by atoms with E-state index in [1.54, 1.807) is 34.4 Å². The second-order valence-corrected chi connectivity index (χ2v) is 8.34. The lowest BCUT2D eigenvalue weighted by Crippen LogP contribution is -2.35. The molecule has 0 unspecified atom stereocenters. The number of pyridine rings is 1. The normalized spacial score (nSPS) is 12.7. The van der Waals surface area contributed by atoms with Gasteiger partial charge in [-0.3, -0.25) is 19.4 Å². The molecule has 9 heteroatoms. The van der Waals surface area contributed by atoms with E-state index in [0.717, 1.165) is 18.1 Å². The number of halogens is 1. The predicted octanol–water partition coefficient (Wildman–Crippen LogP) is 3.84. The van der Waals surface area contributed by atoms with Crippen molar-refractivity contribution in [1.29, 1.82) is 0 Å². The molecule has 0 fully saturated rings. The number of carbonyl (C=O) groups is 3. The standard InChI is InChI=1S/C23H21FN4O3S/c24-16-4-5-17(27-23(31)18-3-1-2-10-25-18)19(13-16)26-21(29)6-7-22(30)28-11-8-20-15(14-28)9-12-32-20/h1-5,9-10,12-13H,6-8,11,14H2,(H,26,29)(H,27,31). The van der Waals surface area contributed by atoms with Crippen LogP contribution in [0.1, 0.15) is 33.8 Å². The molecule has 2 N–H and O–H groups in total. The number of nitrogens with zero attached hydrogens (tertiary/aromatic N) is 2. The molecular weight excluding hydrogens is 431 g/mol. The zero-order valence-corrected chi connectivity index (χ0v) is 18.0. The largest absolute Gasteiger partial charge is 0.338 e. The molecule has 7 nitrogen and oxygen atoms in total. The van der Waals surface area contributed by atoms with Crippen LogP contribution in [-0.2, 0) is 22.6 Å². The van der Waals surface area contributed by atoms with E-state index in [9.17, 15) is 18.8 Å². The molecule has 1 aromatic carbocycles. The lowest BCUT2D eigenvalue weighted by Gasteiger charge is -2.27. The maximum atomic E-state index is 13.8. The average molecular weight is 453 g/mol. The van der Waals surface area contributed by atoms with E-state index in [1.165, 1.54) is 23.2 Å². The van der Waals surface area contributed by atoms with Gasteiger partial charge in [0.25, 0.3) is 5.91 Å². The summed E-state index contributed by atoms with van der Waals surface area (Å²) in [4.78, 5) is 44.4. The maximum absolute atomic E-state index is 13.8. The Hall–Kier alpha value is -3.59. The molecule has 4 rings (SSSR count). The molecule has 2 aromatic heterocycles. The van der Waals surface area contributed by atoms with Gasteiger partial charge in [-0.15, -0.1) is 11.3 Å². The molecule has 0 saturated heterocycles. The number of amides is 3. The van der Waals surface area contributed by atoms with Crippen LogP contribution in [0.3, 0.4) is 0 Å². The first-order chi connectivity index (χ1) is 15.5. The van der Waals surface area contributed by atoms with Gasteiger partial charge in [0.15, 0.2) is 0 Å². The Morgan fingerprint density at radius 2 is 1.94 bits per heavy atom. The van der Waals surface area contributed by atoms with E-state index >= 15 is 0 Å². The zero-order chi connectivity index (χ0) is 22.5. The number of nitrogens with one attached hydrogen (secondary N) is 2. The monoisotopic (exact) mass is 452 g/mol. The summed E-state index contributed by atoms with van der Waals surface area (Å²) in [5.74, 6) is -1.58. The third-order valence-corrected chi connectivity index (χ3v) is 6.15. The smallest absolute Gasteiger partial charge is 0.274 e. The number of carbonyl (C=O) groups excluding carboxylic acids is 3. The highest BCUT2D eigenvalue weighted by Crippen LogP contribution is 2.25. The molecule has 0 saturated carbocycles. The Bertz CT molecular complexity index is 1150. The highest BCUT2D eigenvalue weighted by molar-refractivity contribution is 7.10.